The van der Waals surface area contributed by atoms with Gasteiger partial charge in [-0.15, -0.1) is 0 Å². The van der Waals surface area contributed by atoms with E-state index in [1.54, 1.807) is 24.3 Å². The fourth-order valence-corrected chi connectivity index (χ4v) is 4.50. The third-order valence-electron chi connectivity index (χ3n) is 5.27. The van der Waals surface area contributed by atoms with E-state index >= 15 is 0 Å². The Morgan fingerprint density at radius 1 is 0.806 bits per heavy atom. The van der Waals surface area contributed by atoms with Crippen molar-refractivity contribution in [1.29, 1.82) is 0 Å². The van der Waals surface area contributed by atoms with Crippen molar-refractivity contribution in [3.8, 4) is 5.75 Å². The molecule has 10 unspecified atom stereocenters. The van der Waals surface area contributed by atoms with Crippen LogP contribution < -0.4 is 4.74 Å². The van der Waals surface area contributed by atoms with Crippen LogP contribution in [-0.2, 0) is 14.2 Å². The number of aliphatic hydroxyl groups is 7. The Morgan fingerprint density at radius 3 is 2.03 bits per heavy atom. The molecule has 2 saturated heterocycles. The molecule has 2 heterocycles. The predicted octanol–water partition coefficient (Wildman–Crippen LogP) is -2.59. The van der Waals surface area contributed by atoms with Gasteiger partial charge in [0.1, 0.15) is 60.0 Å². The largest absolute Gasteiger partial charge is 0.497 e. The summed E-state index contributed by atoms with van der Waals surface area (Å²) in [5, 5.41) is 70.1. The monoisotopic (exact) mass is 464 g/mol. The van der Waals surface area contributed by atoms with Crippen LogP contribution >= 0.6 is 11.8 Å². The molecule has 0 saturated carbocycles. The van der Waals surface area contributed by atoms with Gasteiger partial charge < -0.3 is 54.7 Å². The molecule has 12 heteroatoms. The summed E-state index contributed by atoms with van der Waals surface area (Å²) in [6.45, 7) is -1.23. The molecule has 0 aromatic heterocycles. The van der Waals surface area contributed by atoms with Gasteiger partial charge in [0.2, 0.25) is 0 Å². The number of aliphatic hydroxyl groups excluding tert-OH is 7. The summed E-state index contributed by atoms with van der Waals surface area (Å²) in [6, 6.07) is 6.94. The molecule has 0 bridgehead atoms. The maximum atomic E-state index is 10.6. The minimum atomic E-state index is -1.70. The number of rotatable bonds is 7. The average molecular weight is 464 g/mol. The van der Waals surface area contributed by atoms with Crippen molar-refractivity contribution in [2.24, 2.45) is 0 Å². The van der Waals surface area contributed by atoms with Crippen molar-refractivity contribution in [2.75, 3.05) is 20.3 Å². The van der Waals surface area contributed by atoms with Gasteiger partial charge in [0.15, 0.2) is 6.29 Å². The minimum Gasteiger partial charge on any atom is -0.497 e. The van der Waals surface area contributed by atoms with Crippen LogP contribution in [0.4, 0.5) is 0 Å². The zero-order chi connectivity index (χ0) is 22.7. The SMILES string of the molecule is COc1ccc(SC2OC(CO)C(OC3OC(CO)C(O)C(O)C3O)C(O)C2O)cc1. The van der Waals surface area contributed by atoms with Gasteiger partial charge >= 0.3 is 0 Å². The Bertz CT molecular complexity index is 688. The standard InChI is InChI=1S/C19H28O11S/c1-27-8-2-4-9(5-3-8)31-19-16(26)14(24)17(11(7-21)29-19)30-18-15(25)13(23)12(22)10(6-20)28-18/h2-5,10-26H,6-7H2,1H3. The number of hydrogen-bond donors (Lipinski definition) is 7. The molecule has 0 aliphatic carbocycles. The second-order valence-corrected chi connectivity index (χ2v) is 8.47. The number of methoxy groups -OCH3 is 1. The first-order valence-corrected chi connectivity index (χ1v) is 10.6. The Labute approximate surface area is 182 Å². The van der Waals surface area contributed by atoms with Gasteiger partial charge in [-0.3, -0.25) is 0 Å². The topological polar surface area (TPSA) is 179 Å². The first kappa shape index (κ1) is 24.6. The van der Waals surface area contributed by atoms with Gasteiger partial charge in [-0.1, -0.05) is 11.8 Å². The van der Waals surface area contributed by atoms with E-state index in [4.69, 9.17) is 18.9 Å². The highest BCUT2D eigenvalue weighted by Gasteiger charge is 2.50. The molecule has 2 aliphatic rings. The highest BCUT2D eigenvalue weighted by molar-refractivity contribution is 7.99. The zero-order valence-electron chi connectivity index (χ0n) is 16.7. The van der Waals surface area contributed by atoms with E-state index in [2.05, 4.69) is 0 Å². The molecule has 31 heavy (non-hydrogen) atoms. The second kappa shape index (κ2) is 10.7. The molecule has 1 aromatic carbocycles. The third-order valence-corrected chi connectivity index (χ3v) is 6.44. The lowest BCUT2D eigenvalue weighted by molar-refractivity contribution is -0.338. The van der Waals surface area contributed by atoms with E-state index in [-0.39, 0.29) is 0 Å². The molecule has 1 aromatic rings. The van der Waals surface area contributed by atoms with E-state index in [9.17, 15) is 35.7 Å². The summed E-state index contributed by atoms with van der Waals surface area (Å²) in [7, 11) is 1.54. The van der Waals surface area contributed by atoms with Crippen LogP contribution in [0.5, 0.6) is 5.75 Å². The van der Waals surface area contributed by atoms with Crippen molar-refractivity contribution in [1.82, 2.24) is 0 Å². The van der Waals surface area contributed by atoms with Crippen molar-refractivity contribution in [3.05, 3.63) is 24.3 Å². The lowest BCUT2D eigenvalue weighted by Crippen LogP contribution is -2.64. The Balaban J connectivity index is 1.70. The van der Waals surface area contributed by atoms with E-state index in [0.717, 1.165) is 16.7 Å². The van der Waals surface area contributed by atoms with Crippen molar-refractivity contribution >= 4 is 11.8 Å². The molecule has 3 rings (SSSR count). The minimum absolute atomic E-state index is 0.578. The summed E-state index contributed by atoms with van der Waals surface area (Å²) in [6.07, 6.45) is -13.1. The van der Waals surface area contributed by atoms with E-state index in [0.29, 0.717) is 5.75 Å². The molecule has 7 N–H and O–H groups in total. The Morgan fingerprint density at radius 2 is 1.45 bits per heavy atom. The summed E-state index contributed by atoms with van der Waals surface area (Å²) in [5.41, 5.74) is -0.935. The van der Waals surface area contributed by atoms with Crippen molar-refractivity contribution < 1.29 is 54.7 Å². The number of ether oxygens (including phenoxy) is 4. The molecular formula is C19H28O11S. The molecule has 10 atom stereocenters. The smallest absolute Gasteiger partial charge is 0.187 e. The number of benzene rings is 1. The van der Waals surface area contributed by atoms with Crippen LogP contribution in [0.3, 0.4) is 0 Å². The number of hydrogen-bond acceptors (Lipinski definition) is 12. The van der Waals surface area contributed by atoms with Gasteiger partial charge in [-0.2, -0.15) is 0 Å². The van der Waals surface area contributed by atoms with Crippen molar-refractivity contribution in [3.63, 3.8) is 0 Å². The molecule has 176 valence electrons. The predicted molar refractivity (Wildman–Crippen MR) is 105 cm³/mol. The second-order valence-electron chi connectivity index (χ2n) is 7.30. The summed E-state index contributed by atoms with van der Waals surface area (Å²) in [5.74, 6) is 0.649. The quantitative estimate of drug-likeness (QED) is 0.224. The highest BCUT2D eigenvalue weighted by Crippen LogP contribution is 2.36. The summed E-state index contributed by atoms with van der Waals surface area (Å²) < 4.78 is 21.6. The molecule has 2 aliphatic heterocycles. The lowest BCUT2D eigenvalue weighted by atomic mass is 9.97. The number of thioether (sulfide) groups is 1. The molecule has 0 amide bonds. The fourth-order valence-electron chi connectivity index (χ4n) is 3.44. The van der Waals surface area contributed by atoms with Gasteiger partial charge in [-0.25, -0.2) is 0 Å². The molecule has 11 nitrogen and oxygen atoms in total. The van der Waals surface area contributed by atoms with Crippen LogP contribution in [0.1, 0.15) is 0 Å². The molecule has 0 radical (unpaired) electrons. The van der Waals surface area contributed by atoms with Crippen LogP contribution in [0.15, 0.2) is 29.2 Å². The third kappa shape index (κ3) is 5.31. The van der Waals surface area contributed by atoms with Gasteiger partial charge in [-0.05, 0) is 24.3 Å². The van der Waals surface area contributed by atoms with Crippen LogP contribution in [0.2, 0.25) is 0 Å². The molecule has 0 spiro atoms. The maximum Gasteiger partial charge on any atom is 0.187 e. The van der Waals surface area contributed by atoms with Crippen molar-refractivity contribution in [2.45, 2.75) is 65.5 Å². The van der Waals surface area contributed by atoms with Crippen LogP contribution in [-0.4, -0.2) is 117 Å². The molecular weight excluding hydrogens is 436 g/mol. The van der Waals surface area contributed by atoms with Crippen LogP contribution in [0, 0.1) is 0 Å². The van der Waals surface area contributed by atoms with E-state index in [1.165, 1.54) is 7.11 Å². The lowest BCUT2D eigenvalue weighted by Gasteiger charge is -2.46. The maximum absolute atomic E-state index is 10.6. The van der Waals surface area contributed by atoms with Gasteiger partial charge in [0.25, 0.3) is 0 Å². The van der Waals surface area contributed by atoms with Gasteiger partial charge in [0, 0.05) is 4.90 Å². The highest BCUT2D eigenvalue weighted by atomic mass is 32.2. The van der Waals surface area contributed by atoms with Gasteiger partial charge in [0.05, 0.1) is 20.3 Å². The summed E-state index contributed by atoms with van der Waals surface area (Å²) in [4.78, 5) is 0.724. The van der Waals surface area contributed by atoms with E-state index < -0.39 is 73.8 Å². The zero-order valence-corrected chi connectivity index (χ0v) is 17.5. The van der Waals surface area contributed by atoms with Crippen LogP contribution in [0.25, 0.3) is 0 Å². The average Bonchev–Trinajstić information content (AvgIpc) is 2.79. The normalized spacial score (nSPS) is 41.2. The fraction of sp³-hybridized carbons (Fsp3) is 0.684. The first-order chi connectivity index (χ1) is 14.8. The summed E-state index contributed by atoms with van der Waals surface area (Å²) >= 11 is 1.13. The Kier molecular flexibility index (Phi) is 8.51. The Hall–Kier alpha value is -1.03. The molecule has 2 fully saturated rings. The van der Waals surface area contributed by atoms with E-state index in [1.807, 2.05) is 0 Å². The first-order valence-electron chi connectivity index (χ1n) is 9.69.